The summed E-state index contributed by atoms with van der Waals surface area (Å²) in [6.07, 6.45) is 12.3. The van der Waals surface area contributed by atoms with Gasteiger partial charge in [0.25, 0.3) is 0 Å². The highest BCUT2D eigenvalue weighted by Crippen LogP contribution is 2.33. The summed E-state index contributed by atoms with van der Waals surface area (Å²) >= 11 is 0. The van der Waals surface area contributed by atoms with Crippen LogP contribution in [0.1, 0.15) is 54.3 Å². The molecule has 1 atom stereocenters. The zero-order valence-electron chi connectivity index (χ0n) is 20.1. The van der Waals surface area contributed by atoms with Crippen LogP contribution in [0.15, 0.2) is 53.0 Å². The van der Waals surface area contributed by atoms with E-state index in [4.69, 9.17) is 9.15 Å². The van der Waals surface area contributed by atoms with E-state index in [0.29, 0.717) is 61.8 Å². The average molecular weight is 483 g/mol. The Labute approximate surface area is 204 Å². The molecule has 1 aliphatic rings. The Morgan fingerprint density at radius 1 is 1.34 bits per heavy atom. The fourth-order valence-electron chi connectivity index (χ4n) is 3.93. The molecule has 2 aromatic rings. The average Bonchev–Trinajstić information content (AvgIpc) is 3.20. The smallest absolute Gasteiger partial charge is 0.331 e. The van der Waals surface area contributed by atoms with Crippen LogP contribution in [0.4, 0.5) is 4.39 Å². The van der Waals surface area contributed by atoms with Crippen molar-refractivity contribution in [3.8, 4) is 5.75 Å². The van der Waals surface area contributed by atoms with Gasteiger partial charge in [-0.25, -0.2) is 9.78 Å². The first-order chi connectivity index (χ1) is 16.9. The molecule has 0 bridgehead atoms. The first kappa shape index (κ1) is 25.9. The molecule has 1 aliphatic heterocycles. The Hall–Kier alpha value is -3.68. The predicted molar refractivity (Wildman–Crippen MR) is 131 cm³/mol. The van der Waals surface area contributed by atoms with Crippen molar-refractivity contribution in [3.63, 3.8) is 0 Å². The van der Waals surface area contributed by atoms with E-state index in [1.807, 2.05) is 32.1 Å². The Morgan fingerprint density at radius 3 is 2.91 bits per heavy atom. The van der Waals surface area contributed by atoms with Crippen molar-refractivity contribution in [2.24, 2.45) is 0 Å². The number of benzene rings is 1. The number of halogens is 1. The normalized spacial score (nSPS) is 15.9. The Bertz CT molecular complexity index is 1120. The molecule has 7 nitrogen and oxygen atoms in total. The molecule has 35 heavy (non-hydrogen) atoms. The zero-order chi connectivity index (χ0) is 25.2. The minimum atomic E-state index is -1.08. The van der Waals surface area contributed by atoms with Gasteiger partial charge >= 0.3 is 5.97 Å². The number of rotatable bonds is 11. The van der Waals surface area contributed by atoms with E-state index in [2.05, 4.69) is 4.98 Å². The number of ether oxygens (including phenoxy) is 1. The Balaban J connectivity index is 1.67. The fourth-order valence-corrected chi connectivity index (χ4v) is 3.93. The number of aliphatic carboxylic acids is 1. The number of carbonyl (C=O) groups excluding carboxylic acids is 1. The number of aromatic nitrogens is 1. The third-order valence-corrected chi connectivity index (χ3v) is 5.69. The molecule has 3 rings (SSSR count). The second-order valence-electron chi connectivity index (χ2n) is 8.15. The van der Waals surface area contributed by atoms with Gasteiger partial charge in [0.1, 0.15) is 11.5 Å². The number of aryl methyl sites for hydroxylation is 1. The lowest BCUT2D eigenvalue weighted by molar-refractivity contribution is -0.149. The van der Waals surface area contributed by atoms with Crippen LogP contribution < -0.4 is 4.74 Å². The van der Waals surface area contributed by atoms with Crippen molar-refractivity contribution in [1.29, 1.82) is 0 Å². The van der Waals surface area contributed by atoms with Crippen molar-refractivity contribution in [2.45, 2.75) is 45.6 Å². The van der Waals surface area contributed by atoms with Gasteiger partial charge in [-0.1, -0.05) is 30.4 Å². The van der Waals surface area contributed by atoms with Gasteiger partial charge in [0.15, 0.2) is 6.04 Å². The Morgan fingerprint density at radius 2 is 2.17 bits per heavy atom. The van der Waals surface area contributed by atoms with Gasteiger partial charge in [-0.15, -0.1) is 0 Å². The van der Waals surface area contributed by atoms with Crippen molar-refractivity contribution in [2.75, 3.05) is 19.8 Å². The van der Waals surface area contributed by atoms with Crippen LogP contribution >= 0.6 is 0 Å². The minimum Gasteiger partial charge on any atom is -0.493 e. The molecule has 8 heteroatoms. The van der Waals surface area contributed by atoms with Gasteiger partial charge in [0, 0.05) is 19.0 Å². The van der Waals surface area contributed by atoms with E-state index in [1.54, 1.807) is 30.4 Å². The van der Waals surface area contributed by atoms with E-state index in [0.717, 1.165) is 11.3 Å². The second kappa shape index (κ2) is 12.7. The standard InChI is InChI=1S/C27H31FN2O5/c1-3-4-6-10-25(31)30-16-13-20-11-12-21(18-22(20)26(30)27(32)33)34-17-14-23-19(2)35-24(29-23)9-7-5-8-15-28/h3-4,6-7,9-12,18,26H,5,8,13-17H2,1-2H3,(H,32,33). The van der Waals surface area contributed by atoms with Crippen LogP contribution in [0.3, 0.4) is 0 Å². The lowest BCUT2D eigenvalue weighted by Gasteiger charge is -2.34. The summed E-state index contributed by atoms with van der Waals surface area (Å²) in [4.78, 5) is 30.5. The molecule has 1 aromatic carbocycles. The number of allylic oxidation sites excluding steroid dienone is 4. The van der Waals surface area contributed by atoms with E-state index >= 15 is 0 Å². The van der Waals surface area contributed by atoms with Gasteiger partial charge < -0.3 is 19.2 Å². The number of fused-ring (bicyclic) bond motifs is 1. The molecule has 0 radical (unpaired) electrons. The van der Waals surface area contributed by atoms with Crippen molar-refractivity contribution in [1.82, 2.24) is 9.88 Å². The third kappa shape index (κ3) is 6.91. The van der Waals surface area contributed by atoms with Crippen LogP contribution in [0.2, 0.25) is 0 Å². The number of nitrogens with zero attached hydrogens (tertiary/aromatic N) is 2. The molecule has 2 heterocycles. The summed E-state index contributed by atoms with van der Waals surface area (Å²) in [6, 6.07) is 4.31. The van der Waals surface area contributed by atoms with Crippen LogP contribution in [-0.4, -0.2) is 46.7 Å². The summed E-state index contributed by atoms with van der Waals surface area (Å²) in [5.41, 5.74) is 2.22. The number of alkyl halides is 1. The molecule has 0 saturated carbocycles. The summed E-state index contributed by atoms with van der Waals surface area (Å²) in [6.45, 7) is 3.97. The van der Waals surface area contributed by atoms with Crippen molar-refractivity contribution in [3.05, 3.63) is 77.1 Å². The van der Waals surface area contributed by atoms with Crippen LogP contribution in [-0.2, 0) is 22.4 Å². The van der Waals surface area contributed by atoms with E-state index < -0.39 is 12.0 Å². The van der Waals surface area contributed by atoms with E-state index in [-0.39, 0.29) is 12.6 Å². The lowest BCUT2D eigenvalue weighted by Crippen LogP contribution is -2.42. The maximum atomic E-state index is 12.6. The molecule has 0 spiro atoms. The van der Waals surface area contributed by atoms with Gasteiger partial charge in [-0.3, -0.25) is 9.18 Å². The van der Waals surface area contributed by atoms with Gasteiger partial charge in [-0.05, 0) is 62.4 Å². The maximum Gasteiger partial charge on any atom is 0.331 e. The SMILES string of the molecule is CC=CC=CC(=O)N1CCc2ccc(OCCc3nc(C=CCCCF)oc3C)cc2C1C(=O)O. The first-order valence-corrected chi connectivity index (χ1v) is 11.7. The number of carboxylic acids is 1. The largest absolute Gasteiger partial charge is 0.493 e. The minimum absolute atomic E-state index is 0.323. The predicted octanol–water partition coefficient (Wildman–Crippen LogP) is 5.01. The number of hydrogen-bond acceptors (Lipinski definition) is 5. The van der Waals surface area contributed by atoms with E-state index in [9.17, 15) is 19.1 Å². The number of oxazole rings is 1. The molecule has 1 unspecified atom stereocenters. The number of carbonyl (C=O) groups is 2. The monoisotopic (exact) mass is 482 g/mol. The van der Waals surface area contributed by atoms with Crippen LogP contribution in [0.25, 0.3) is 6.08 Å². The van der Waals surface area contributed by atoms with Crippen molar-refractivity contribution < 1.29 is 28.2 Å². The number of amides is 1. The molecule has 186 valence electrons. The summed E-state index contributed by atoms with van der Waals surface area (Å²) in [5, 5.41) is 9.90. The number of hydrogen-bond donors (Lipinski definition) is 1. The van der Waals surface area contributed by atoms with Crippen LogP contribution in [0, 0.1) is 6.92 Å². The highest BCUT2D eigenvalue weighted by Gasteiger charge is 2.35. The molecule has 1 amide bonds. The van der Waals surface area contributed by atoms with Crippen LogP contribution in [0.5, 0.6) is 5.75 Å². The summed E-state index contributed by atoms with van der Waals surface area (Å²) in [7, 11) is 0. The summed E-state index contributed by atoms with van der Waals surface area (Å²) < 4.78 is 23.7. The van der Waals surface area contributed by atoms with Gasteiger partial charge in [0.2, 0.25) is 11.8 Å². The topological polar surface area (TPSA) is 92.9 Å². The highest BCUT2D eigenvalue weighted by atomic mass is 19.1. The van der Waals surface area contributed by atoms with Crippen molar-refractivity contribution >= 4 is 18.0 Å². The first-order valence-electron chi connectivity index (χ1n) is 11.7. The fraction of sp³-hybridized carbons (Fsp3) is 0.370. The number of unbranched alkanes of at least 4 members (excludes halogenated alkanes) is 1. The molecule has 0 saturated heterocycles. The third-order valence-electron chi connectivity index (χ3n) is 5.69. The zero-order valence-corrected chi connectivity index (χ0v) is 20.1. The molecule has 1 N–H and O–H groups in total. The number of carboxylic acid groups (broad SMARTS) is 1. The molecule has 0 fully saturated rings. The van der Waals surface area contributed by atoms with Gasteiger partial charge in [0.05, 0.1) is 19.0 Å². The second-order valence-corrected chi connectivity index (χ2v) is 8.15. The molecular formula is C27H31FN2O5. The molecule has 0 aliphatic carbocycles. The lowest BCUT2D eigenvalue weighted by atomic mass is 9.92. The molecular weight excluding hydrogens is 451 g/mol. The maximum absolute atomic E-state index is 12.6. The quantitative estimate of drug-likeness (QED) is 0.275. The Kier molecular flexibility index (Phi) is 9.40. The summed E-state index contributed by atoms with van der Waals surface area (Å²) in [5.74, 6) is 0.268. The van der Waals surface area contributed by atoms with E-state index in [1.165, 1.54) is 11.0 Å². The van der Waals surface area contributed by atoms with Gasteiger partial charge in [-0.2, -0.15) is 0 Å². The molecule has 1 aromatic heterocycles. The highest BCUT2D eigenvalue weighted by molar-refractivity contribution is 5.92.